The Morgan fingerprint density at radius 3 is 2.31 bits per heavy atom. The van der Waals surface area contributed by atoms with Crippen molar-refractivity contribution in [3.05, 3.63) is 0 Å². The van der Waals surface area contributed by atoms with Gasteiger partial charge < -0.3 is 14.4 Å². The Hall–Kier alpha value is -0.770. The van der Waals surface area contributed by atoms with Crippen molar-refractivity contribution in [1.29, 1.82) is 0 Å². The van der Waals surface area contributed by atoms with Crippen LogP contribution in [0.5, 0.6) is 0 Å². The van der Waals surface area contributed by atoms with E-state index in [1.54, 1.807) is 0 Å². The van der Waals surface area contributed by atoms with E-state index in [0.29, 0.717) is 11.8 Å². The molecule has 0 unspecified atom stereocenters. The van der Waals surface area contributed by atoms with E-state index in [1.807, 2.05) is 25.7 Å². The Morgan fingerprint density at radius 2 is 1.81 bits per heavy atom. The fourth-order valence-corrected chi connectivity index (χ4v) is 2.44. The van der Waals surface area contributed by atoms with E-state index < -0.39 is 5.60 Å². The van der Waals surface area contributed by atoms with Gasteiger partial charge in [0.05, 0.1) is 13.2 Å². The summed E-state index contributed by atoms with van der Waals surface area (Å²) in [6, 6.07) is 0. The second-order valence-electron chi connectivity index (χ2n) is 5.89. The maximum atomic E-state index is 11.9. The molecule has 2 aliphatic rings. The topological polar surface area (TPSA) is 38.8 Å². The third-order valence-corrected chi connectivity index (χ3v) is 2.98. The smallest absolute Gasteiger partial charge is 0.410 e. The summed E-state index contributed by atoms with van der Waals surface area (Å²) in [6.07, 6.45) is 1.02. The first-order valence-electron chi connectivity index (χ1n) is 6.00. The Labute approximate surface area is 96.9 Å². The lowest BCUT2D eigenvalue weighted by molar-refractivity contribution is -0.0485. The zero-order valence-electron chi connectivity index (χ0n) is 10.4. The average molecular weight is 227 g/mol. The Balaban J connectivity index is 1.92. The quantitative estimate of drug-likeness (QED) is 0.634. The van der Waals surface area contributed by atoms with Crippen LogP contribution in [0.2, 0.25) is 0 Å². The van der Waals surface area contributed by atoms with Gasteiger partial charge in [-0.1, -0.05) is 0 Å². The minimum Gasteiger partial charge on any atom is -0.444 e. The first-order valence-corrected chi connectivity index (χ1v) is 6.00. The summed E-state index contributed by atoms with van der Waals surface area (Å²) >= 11 is 0. The molecular formula is C12H21NO3. The van der Waals surface area contributed by atoms with Crippen LogP contribution in [-0.4, -0.2) is 42.9 Å². The van der Waals surface area contributed by atoms with Crippen molar-refractivity contribution in [2.45, 2.75) is 32.8 Å². The molecule has 2 heterocycles. The fourth-order valence-electron chi connectivity index (χ4n) is 2.44. The number of hydrogen-bond acceptors (Lipinski definition) is 3. The summed E-state index contributed by atoms with van der Waals surface area (Å²) in [4.78, 5) is 13.7. The highest BCUT2D eigenvalue weighted by Gasteiger charge is 2.35. The summed E-state index contributed by atoms with van der Waals surface area (Å²) in [5.74, 6) is 1.00. The van der Waals surface area contributed by atoms with E-state index in [0.717, 1.165) is 26.3 Å². The lowest BCUT2D eigenvalue weighted by Crippen LogP contribution is -2.50. The van der Waals surface area contributed by atoms with Gasteiger partial charge >= 0.3 is 6.09 Å². The highest BCUT2D eigenvalue weighted by atomic mass is 16.6. The molecule has 0 spiro atoms. The molecule has 0 saturated carbocycles. The van der Waals surface area contributed by atoms with Crippen LogP contribution < -0.4 is 0 Å². The number of nitrogens with zero attached hydrogens (tertiary/aromatic N) is 1. The molecule has 0 aromatic heterocycles. The van der Waals surface area contributed by atoms with E-state index in [9.17, 15) is 4.79 Å². The minimum absolute atomic E-state index is 0.177. The van der Waals surface area contributed by atoms with Gasteiger partial charge in [-0.25, -0.2) is 4.79 Å². The summed E-state index contributed by atoms with van der Waals surface area (Å²) < 4.78 is 10.9. The number of piperidine rings is 1. The van der Waals surface area contributed by atoms with Gasteiger partial charge in [0.15, 0.2) is 0 Å². The standard InChI is InChI=1S/C12H21NO3/c1-12(2,3)16-11(14)13-5-9-4-10(6-13)8-15-7-9/h9-10H,4-8H2,1-3H3/t9-,10-/m1/s1. The molecule has 16 heavy (non-hydrogen) atoms. The zero-order chi connectivity index (χ0) is 11.8. The number of carbonyl (C=O) groups is 1. The molecule has 2 atom stereocenters. The van der Waals surface area contributed by atoms with Gasteiger partial charge in [-0.2, -0.15) is 0 Å². The molecule has 4 heteroatoms. The average Bonchev–Trinajstić information content (AvgIpc) is 2.14. The van der Waals surface area contributed by atoms with E-state index >= 15 is 0 Å². The van der Waals surface area contributed by atoms with Crippen molar-refractivity contribution < 1.29 is 14.3 Å². The Bertz CT molecular complexity index is 260. The highest BCUT2D eigenvalue weighted by Crippen LogP contribution is 2.27. The minimum atomic E-state index is -0.403. The Kier molecular flexibility index (Phi) is 3.10. The molecule has 2 aliphatic heterocycles. The van der Waals surface area contributed by atoms with Crippen molar-refractivity contribution in [3.63, 3.8) is 0 Å². The van der Waals surface area contributed by atoms with Crippen LogP contribution in [-0.2, 0) is 9.47 Å². The first-order chi connectivity index (χ1) is 7.44. The van der Waals surface area contributed by atoms with Crippen LogP contribution >= 0.6 is 0 Å². The summed E-state index contributed by atoms with van der Waals surface area (Å²) in [7, 11) is 0. The molecule has 92 valence electrons. The lowest BCUT2D eigenvalue weighted by atomic mass is 9.88. The predicted molar refractivity (Wildman–Crippen MR) is 60.2 cm³/mol. The van der Waals surface area contributed by atoms with Crippen molar-refractivity contribution >= 4 is 6.09 Å². The Morgan fingerprint density at radius 1 is 1.25 bits per heavy atom. The number of fused-ring (bicyclic) bond motifs is 2. The lowest BCUT2D eigenvalue weighted by Gasteiger charge is -2.41. The van der Waals surface area contributed by atoms with Crippen LogP contribution in [0, 0.1) is 11.8 Å². The summed E-state index contributed by atoms with van der Waals surface area (Å²) in [6.45, 7) is 8.85. The maximum absolute atomic E-state index is 11.9. The molecule has 4 nitrogen and oxygen atoms in total. The number of likely N-dealkylation sites (tertiary alicyclic amines) is 1. The van der Waals surface area contributed by atoms with Crippen LogP contribution in [0.15, 0.2) is 0 Å². The molecular weight excluding hydrogens is 206 g/mol. The number of rotatable bonds is 0. The van der Waals surface area contributed by atoms with Crippen LogP contribution in [0.25, 0.3) is 0 Å². The van der Waals surface area contributed by atoms with Gasteiger partial charge in [-0.05, 0) is 27.2 Å². The van der Waals surface area contributed by atoms with E-state index in [4.69, 9.17) is 9.47 Å². The van der Waals surface area contributed by atoms with Crippen LogP contribution in [0.4, 0.5) is 4.79 Å². The van der Waals surface area contributed by atoms with E-state index in [1.165, 1.54) is 6.42 Å². The van der Waals surface area contributed by atoms with Gasteiger partial charge in [0.25, 0.3) is 0 Å². The zero-order valence-corrected chi connectivity index (χ0v) is 10.4. The van der Waals surface area contributed by atoms with Crippen molar-refractivity contribution in [1.82, 2.24) is 4.90 Å². The monoisotopic (exact) mass is 227 g/mol. The van der Waals surface area contributed by atoms with E-state index in [-0.39, 0.29) is 6.09 Å². The second kappa shape index (κ2) is 4.24. The third-order valence-electron chi connectivity index (χ3n) is 2.98. The SMILES string of the molecule is CC(C)(C)OC(=O)N1C[C@@H]2COC[C@H](C2)C1. The fraction of sp³-hybridized carbons (Fsp3) is 0.917. The van der Waals surface area contributed by atoms with E-state index in [2.05, 4.69) is 0 Å². The predicted octanol–water partition coefficient (Wildman–Crippen LogP) is 1.89. The number of amides is 1. The number of carbonyl (C=O) groups excluding carboxylic acids is 1. The van der Waals surface area contributed by atoms with Crippen molar-refractivity contribution in [2.24, 2.45) is 11.8 Å². The molecule has 2 bridgehead atoms. The van der Waals surface area contributed by atoms with Crippen LogP contribution in [0.1, 0.15) is 27.2 Å². The molecule has 0 aromatic rings. The van der Waals surface area contributed by atoms with Gasteiger partial charge in [0.1, 0.15) is 5.60 Å². The first kappa shape index (κ1) is 11.7. The van der Waals surface area contributed by atoms with Crippen LogP contribution in [0.3, 0.4) is 0 Å². The summed E-state index contributed by atoms with van der Waals surface area (Å²) in [5, 5.41) is 0. The molecule has 0 aromatic carbocycles. The third kappa shape index (κ3) is 2.88. The number of hydrogen-bond donors (Lipinski definition) is 0. The molecule has 0 aliphatic carbocycles. The molecule has 0 N–H and O–H groups in total. The summed E-state index contributed by atoms with van der Waals surface area (Å²) in [5.41, 5.74) is -0.403. The largest absolute Gasteiger partial charge is 0.444 e. The van der Waals surface area contributed by atoms with Gasteiger partial charge in [0.2, 0.25) is 0 Å². The normalized spacial score (nSPS) is 30.1. The number of ether oxygens (including phenoxy) is 2. The van der Waals surface area contributed by atoms with Gasteiger partial charge in [0, 0.05) is 24.9 Å². The van der Waals surface area contributed by atoms with Gasteiger partial charge in [-0.3, -0.25) is 0 Å². The molecule has 2 fully saturated rings. The van der Waals surface area contributed by atoms with Crippen molar-refractivity contribution in [2.75, 3.05) is 26.3 Å². The molecule has 0 radical (unpaired) electrons. The highest BCUT2D eigenvalue weighted by molar-refractivity contribution is 5.68. The second-order valence-corrected chi connectivity index (χ2v) is 5.89. The van der Waals surface area contributed by atoms with Crippen molar-refractivity contribution in [3.8, 4) is 0 Å². The molecule has 1 amide bonds. The maximum Gasteiger partial charge on any atom is 0.410 e. The van der Waals surface area contributed by atoms with Gasteiger partial charge in [-0.15, -0.1) is 0 Å². The molecule has 2 rings (SSSR count). The molecule has 2 saturated heterocycles.